The van der Waals surface area contributed by atoms with Crippen molar-refractivity contribution in [2.24, 2.45) is 0 Å². The largest absolute Gasteiger partial charge is 0.350 e. The molecule has 0 spiro atoms. The number of rotatable bonds is 8. The molecule has 0 radical (unpaired) electrons. The molecule has 1 aromatic heterocycles. The van der Waals surface area contributed by atoms with Crippen molar-refractivity contribution in [3.8, 4) is 0 Å². The molecule has 4 aromatic rings. The molecule has 5 rings (SSSR count). The van der Waals surface area contributed by atoms with Crippen molar-refractivity contribution < 1.29 is 27.6 Å². The van der Waals surface area contributed by atoms with Crippen molar-refractivity contribution in [3.63, 3.8) is 0 Å². The van der Waals surface area contributed by atoms with E-state index in [0.717, 1.165) is 16.8 Å². The van der Waals surface area contributed by atoms with Gasteiger partial charge in [-0.1, -0.05) is 54.6 Å². The van der Waals surface area contributed by atoms with Gasteiger partial charge < -0.3 is 4.74 Å². The molecule has 2 heterocycles. The number of ketones is 1. The van der Waals surface area contributed by atoms with E-state index in [1.807, 2.05) is 0 Å². The molecule has 38 heavy (non-hydrogen) atoms. The molecule has 1 saturated heterocycles. The second-order valence-corrected chi connectivity index (χ2v) is 10.6. The normalized spacial score (nSPS) is 16.1. The number of aromatic nitrogens is 1. The first-order valence-corrected chi connectivity index (χ1v) is 13.7. The lowest BCUT2D eigenvalue weighted by Crippen LogP contribution is -2.32. The Balaban J connectivity index is 1.42. The molecule has 194 valence electrons. The van der Waals surface area contributed by atoms with Gasteiger partial charge in [-0.15, -0.1) is 0 Å². The van der Waals surface area contributed by atoms with Crippen molar-refractivity contribution in [1.82, 2.24) is 9.45 Å². The minimum absolute atomic E-state index is 0.0230. The van der Waals surface area contributed by atoms with Gasteiger partial charge in [-0.3, -0.25) is 9.59 Å². The first-order valence-electron chi connectivity index (χ1n) is 12.2. The molecular weight excluding hydrogens is 504 g/mol. The molecule has 9 heteroatoms. The van der Waals surface area contributed by atoms with Gasteiger partial charge in [0.05, 0.1) is 10.4 Å². The number of nitrogens with zero attached hydrogens (tertiary/aromatic N) is 1. The second kappa shape index (κ2) is 11.1. The van der Waals surface area contributed by atoms with Gasteiger partial charge in [-0.05, 0) is 54.8 Å². The van der Waals surface area contributed by atoms with Crippen LogP contribution < -0.4 is 5.48 Å². The Morgan fingerprint density at radius 2 is 1.74 bits per heavy atom. The fourth-order valence-electron chi connectivity index (χ4n) is 4.31. The molecule has 1 amide bonds. The van der Waals surface area contributed by atoms with Crippen molar-refractivity contribution in [1.29, 1.82) is 0 Å². The lowest BCUT2D eigenvalue weighted by Gasteiger charge is -2.21. The quantitative estimate of drug-likeness (QED) is 0.201. The van der Waals surface area contributed by atoms with Crippen LogP contribution in [0.2, 0.25) is 0 Å². The SMILES string of the molecule is O=C(/C=C/c1cccc(C(=O)c2cc3ccccc3n2S(=O)(=O)c2ccccc2)c1)NOC1CCCCO1. The number of para-hydroxylation sites is 1. The van der Waals surface area contributed by atoms with E-state index in [4.69, 9.17) is 9.57 Å². The van der Waals surface area contributed by atoms with E-state index in [1.165, 1.54) is 18.2 Å². The minimum Gasteiger partial charge on any atom is -0.350 e. The summed E-state index contributed by atoms with van der Waals surface area (Å²) in [6.45, 7) is 0.600. The van der Waals surface area contributed by atoms with Gasteiger partial charge in [0, 0.05) is 30.1 Å². The molecule has 8 nitrogen and oxygen atoms in total. The number of hydrogen-bond donors (Lipinski definition) is 1. The van der Waals surface area contributed by atoms with Crippen molar-refractivity contribution in [2.45, 2.75) is 30.4 Å². The Morgan fingerprint density at radius 1 is 0.947 bits per heavy atom. The van der Waals surface area contributed by atoms with Gasteiger partial charge in [0.15, 0.2) is 6.29 Å². The highest BCUT2D eigenvalue weighted by atomic mass is 32.2. The zero-order chi connectivity index (χ0) is 26.5. The molecule has 0 bridgehead atoms. The molecule has 1 N–H and O–H groups in total. The van der Waals surface area contributed by atoms with Gasteiger partial charge in [-0.25, -0.2) is 22.7 Å². The zero-order valence-corrected chi connectivity index (χ0v) is 21.3. The minimum atomic E-state index is -4.05. The molecule has 1 unspecified atom stereocenters. The predicted molar refractivity (Wildman–Crippen MR) is 143 cm³/mol. The van der Waals surface area contributed by atoms with Crippen molar-refractivity contribution in [2.75, 3.05) is 6.61 Å². The van der Waals surface area contributed by atoms with Crippen LogP contribution in [-0.2, 0) is 24.4 Å². The number of fused-ring (bicyclic) bond motifs is 1. The number of carbonyl (C=O) groups is 2. The maximum Gasteiger partial charge on any atom is 0.268 e. The third-order valence-corrected chi connectivity index (χ3v) is 7.93. The lowest BCUT2D eigenvalue weighted by atomic mass is 10.0. The zero-order valence-electron chi connectivity index (χ0n) is 20.4. The first kappa shape index (κ1) is 25.6. The van der Waals surface area contributed by atoms with Gasteiger partial charge >= 0.3 is 0 Å². The Labute approximate surface area is 220 Å². The number of nitrogens with one attached hydrogen (secondary N) is 1. The van der Waals surface area contributed by atoms with Crippen LogP contribution in [0.5, 0.6) is 0 Å². The van der Waals surface area contributed by atoms with Gasteiger partial charge in [0.1, 0.15) is 5.69 Å². The summed E-state index contributed by atoms with van der Waals surface area (Å²) in [6.07, 6.45) is 5.05. The van der Waals surface area contributed by atoms with Crippen LogP contribution in [0.4, 0.5) is 0 Å². The van der Waals surface area contributed by atoms with Crippen LogP contribution in [0, 0.1) is 0 Å². The molecule has 1 fully saturated rings. The average molecular weight is 531 g/mol. The summed E-state index contributed by atoms with van der Waals surface area (Å²) >= 11 is 0. The van der Waals surface area contributed by atoms with Crippen LogP contribution in [0.25, 0.3) is 17.0 Å². The molecule has 0 saturated carbocycles. The number of ether oxygens (including phenoxy) is 1. The Morgan fingerprint density at radius 3 is 2.53 bits per heavy atom. The number of carbonyl (C=O) groups excluding carboxylic acids is 2. The van der Waals surface area contributed by atoms with Gasteiger partial charge in [-0.2, -0.15) is 0 Å². The predicted octanol–water partition coefficient (Wildman–Crippen LogP) is 4.70. The smallest absolute Gasteiger partial charge is 0.268 e. The van der Waals surface area contributed by atoms with Gasteiger partial charge in [0.25, 0.3) is 15.9 Å². The highest BCUT2D eigenvalue weighted by Crippen LogP contribution is 2.27. The topological polar surface area (TPSA) is 104 Å². The molecule has 0 aliphatic carbocycles. The Kier molecular flexibility index (Phi) is 7.50. The van der Waals surface area contributed by atoms with Crippen LogP contribution in [0.15, 0.2) is 95.9 Å². The van der Waals surface area contributed by atoms with Crippen LogP contribution in [-0.4, -0.2) is 37.0 Å². The van der Waals surface area contributed by atoms with E-state index in [2.05, 4.69) is 5.48 Å². The number of hydrogen-bond acceptors (Lipinski definition) is 6. The molecule has 1 aliphatic rings. The Hall–Kier alpha value is -4.05. The van der Waals surface area contributed by atoms with Gasteiger partial charge in [0.2, 0.25) is 5.78 Å². The first-order chi connectivity index (χ1) is 18.4. The summed E-state index contributed by atoms with van der Waals surface area (Å²) in [4.78, 5) is 31.2. The molecule has 3 aromatic carbocycles. The maximum atomic E-state index is 13.7. The second-order valence-electron chi connectivity index (χ2n) is 8.84. The highest BCUT2D eigenvalue weighted by Gasteiger charge is 2.27. The standard InChI is InChI=1S/C29H26N2O6S/c32-27(30-37-28-15-6-7-18-36-28)17-16-21-9-8-11-23(19-21)29(33)26-20-22-10-4-5-14-25(22)31(26)38(34,35)24-12-2-1-3-13-24/h1-5,8-14,16-17,19-20,28H,6-7,15,18H2,(H,30,32)/b17-16+. The van der Waals surface area contributed by atoms with Crippen LogP contribution in [0.1, 0.15) is 40.9 Å². The van der Waals surface area contributed by atoms with E-state index >= 15 is 0 Å². The average Bonchev–Trinajstić information content (AvgIpc) is 3.36. The lowest BCUT2D eigenvalue weighted by molar-refractivity contribution is -0.198. The number of benzene rings is 3. The molecule has 1 atom stereocenters. The summed E-state index contributed by atoms with van der Waals surface area (Å²) in [5, 5.41) is 0.630. The van der Waals surface area contributed by atoms with Crippen molar-refractivity contribution >= 4 is 38.7 Å². The summed E-state index contributed by atoms with van der Waals surface area (Å²) in [5.41, 5.74) is 3.66. The monoisotopic (exact) mass is 530 g/mol. The highest BCUT2D eigenvalue weighted by molar-refractivity contribution is 7.90. The van der Waals surface area contributed by atoms with Crippen molar-refractivity contribution in [3.05, 3.63) is 108 Å². The van der Waals surface area contributed by atoms with Crippen LogP contribution >= 0.6 is 0 Å². The van der Waals surface area contributed by atoms with E-state index in [1.54, 1.807) is 78.9 Å². The van der Waals surface area contributed by atoms with E-state index < -0.39 is 28.0 Å². The third-order valence-electron chi connectivity index (χ3n) is 6.19. The molecular formula is C29H26N2O6S. The van der Waals surface area contributed by atoms with E-state index in [9.17, 15) is 18.0 Å². The van der Waals surface area contributed by atoms with E-state index in [-0.39, 0.29) is 16.2 Å². The summed E-state index contributed by atoms with van der Waals surface area (Å²) in [6, 6.07) is 23.2. The maximum absolute atomic E-state index is 13.7. The van der Waals surface area contributed by atoms with Crippen LogP contribution in [0.3, 0.4) is 0 Å². The van der Waals surface area contributed by atoms with E-state index in [0.29, 0.717) is 29.5 Å². The number of hydroxylamine groups is 1. The Bertz CT molecular complexity index is 1600. The third kappa shape index (κ3) is 5.45. The fourth-order valence-corrected chi connectivity index (χ4v) is 5.84. The number of amides is 1. The summed E-state index contributed by atoms with van der Waals surface area (Å²) in [7, 11) is -4.05. The summed E-state index contributed by atoms with van der Waals surface area (Å²) in [5.74, 6) is -0.928. The summed E-state index contributed by atoms with van der Waals surface area (Å²) < 4.78 is 33.8. The fraction of sp³-hybridized carbons (Fsp3) is 0.172. The molecule has 1 aliphatic heterocycles.